The normalized spacial score (nSPS) is 19.9. The van der Waals surface area contributed by atoms with Gasteiger partial charge in [-0.05, 0) is 36.3 Å². The molecular formula is C19H14Cl2N2O3. The highest BCUT2D eigenvalue weighted by Gasteiger charge is 2.51. The molecule has 5 nitrogen and oxygen atoms in total. The van der Waals surface area contributed by atoms with E-state index in [0.717, 1.165) is 6.08 Å². The van der Waals surface area contributed by atoms with E-state index in [0.29, 0.717) is 26.1 Å². The predicted octanol–water partition coefficient (Wildman–Crippen LogP) is 4.00. The molecule has 0 spiro atoms. The van der Waals surface area contributed by atoms with Crippen molar-refractivity contribution in [2.75, 3.05) is 0 Å². The van der Waals surface area contributed by atoms with Crippen LogP contribution in [0.5, 0.6) is 0 Å². The van der Waals surface area contributed by atoms with Crippen molar-refractivity contribution in [3.8, 4) is 0 Å². The van der Waals surface area contributed by atoms with Crippen molar-refractivity contribution in [2.45, 2.75) is 12.5 Å². The van der Waals surface area contributed by atoms with E-state index in [1.807, 2.05) is 0 Å². The zero-order valence-electron chi connectivity index (χ0n) is 13.7. The highest BCUT2D eigenvalue weighted by Crippen LogP contribution is 2.29. The Kier molecular flexibility index (Phi) is 4.85. The molecule has 1 atom stereocenters. The second-order valence-corrected chi connectivity index (χ2v) is 6.72. The molecular weight excluding hydrogens is 375 g/mol. The molecule has 132 valence electrons. The maximum absolute atomic E-state index is 12.7. The van der Waals surface area contributed by atoms with Crippen molar-refractivity contribution in [2.24, 2.45) is 0 Å². The van der Waals surface area contributed by atoms with Gasteiger partial charge in [-0.15, -0.1) is 0 Å². The van der Waals surface area contributed by atoms with Gasteiger partial charge >= 0.3 is 6.03 Å². The standard InChI is InChI=1S/C19H14Cl2N2O3/c1-19(13-5-3-2-4-6-13)17(25)23(18(26)22-19)16(24)10-8-12-7-9-14(20)15(21)11-12/h2-11H,1H3,(H,22,26)/b10-8+. The Morgan fingerprint density at radius 3 is 2.42 bits per heavy atom. The number of hydrogen-bond donors (Lipinski definition) is 1. The van der Waals surface area contributed by atoms with E-state index < -0.39 is 23.4 Å². The van der Waals surface area contributed by atoms with Gasteiger partial charge in [-0.1, -0.05) is 59.6 Å². The molecule has 0 saturated carbocycles. The second kappa shape index (κ2) is 6.94. The number of urea groups is 1. The summed E-state index contributed by atoms with van der Waals surface area (Å²) in [6.45, 7) is 1.57. The summed E-state index contributed by atoms with van der Waals surface area (Å²) in [5.74, 6) is -1.37. The van der Waals surface area contributed by atoms with E-state index in [9.17, 15) is 14.4 Å². The average Bonchev–Trinajstić information content (AvgIpc) is 2.86. The lowest BCUT2D eigenvalue weighted by Crippen LogP contribution is -2.41. The van der Waals surface area contributed by atoms with Crippen LogP contribution >= 0.6 is 23.2 Å². The van der Waals surface area contributed by atoms with Crippen molar-refractivity contribution < 1.29 is 14.4 Å². The number of halogens is 2. The smallest absolute Gasteiger partial charge is 0.319 e. The van der Waals surface area contributed by atoms with Gasteiger partial charge < -0.3 is 5.32 Å². The summed E-state index contributed by atoms with van der Waals surface area (Å²) in [6, 6.07) is 12.8. The number of carbonyl (C=O) groups excluding carboxylic acids is 3. The summed E-state index contributed by atoms with van der Waals surface area (Å²) in [4.78, 5) is 38.0. The van der Waals surface area contributed by atoms with Crippen LogP contribution in [0, 0.1) is 0 Å². The summed E-state index contributed by atoms with van der Waals surface area (Å²) in [6.07, 6.45) is 2.61. The molecule has 0 aliphatic carbocycles. The summed E-state index contributed by atoms with van der Waals surface area (Å²) >= 11 is 11.8. The monoisotopic (exact) mass is 388 g/mol. The fourth-order valence-electron chi connectivity index (χ4n) is 2.66. The van der Waals surface area contributed by atoms with Crippen molar-refractivity contribution >= 4 is 47.1 Å². The van der Waals surface area contributed by atoms with Gasteiger partial charge in [0.25, 0.3) is 11.8 Å². The molecule has 7 heteroatoms. The first-order valence-corrected chi connectivity index (χ1v) is 8.48. The predicted molar refractivity (Wildman–Crippen MR) is 99.7 cm³/mol. The first-order valence-electron chi connectivity index (χ1n) is 7.72. The third kappa shape index (κ3) is 3.23. The van der Waals surface area contributed by atoms with Gasteiger partial charge in [0.05, 0.1) is 10.0 Å². The molecule has 2 aromatic rings. The minimum atomic E-state index is -1.29. The van der Waals surface area contributed by atoms with Crippen LogP contribution in [0.3, 0.4) is 0 Å². The van der Waals surface area contributed by atoms with Crippen molar-refractivity contribution in [1.29, 1.82) is 0 Å². The Hall–Kier alpha value is -2.63. The summed E-state index contributed by atoms with van der Waals surface area (Å²) in [7, 11) is 0. The van der Waals surface area contributed by atoms with E-state index in [1.54, 1.807) is 55.5 Å². The zero-order chi connectivity index (χ0) is 18.9. The topological polar surface area (TPSA) is 66.5 Å². The molecule has 26 heavy (non-hydrogen) atoms. The number of imide groups is 3. The van der Waals surface area contributed by atoms with Crippen LogP contribution in [0.15, 0.2) is 54.6 Å². The number of carbonyl (C=O) groups is 3. The van der Waals surface area contributed by atoms with Crippen molar-refractivity contribution in [3.63, 3.8) is 0 Å². The van der Waals surface area contributed by atoms with Gasteiger partial charge in [-0.2, -0.15) is 4.90 Å². The summed E-state index contributed by atoms with van der Waals surface area (Å²) < 4.78 is 0. The molecule has 3 rings (SSSR count). The maximum Gasteiger partial charge on any atom is 0.332 e. The van der Waals surface area contributed by atoms with Crippen LogP contribution in [0.1, 0.15) is 18.1 Å². The van der Waals surface area contributed by atoms with Gasteiger partial charge in [0, 0.05) is 6.08 Å². The first kappa shape index (κ1) is 18.2. The molecule has 1 heterocycles. The molecule has 1 aliphatic heterocycles. The molecule has 0 bridgehead atoms. The van der Waals surface area contributed by atoms with Crippen LogP contribution in [0.4, 0.5) is 4.79 Å². The SMILES string of the molecule is CC1(c2ccccc2)NC(=O)N(C(=O)/C=C/c2ccc(Cl)c(Cl)c2)C1=O. The van der Waals surface area contributed by atoms with E-state index in [4.69, 9.17) is 23.2 Å². The van der Waals surface area contributed by atoms with Gasteiger partial charge in [0.2, 0.25) is 0 Å². The van der Waals surface area contributed by atoms with Gasteiger partial charge in [0.15, 0.2) is 0 Å². The quantitative estimate of drug-likeness (QED) is 0.638. The van der Waals surface area contributed by atoms with E-state index in [-0.39, 0.29) is 0 Å². The van der Waals surface area contributed by atoms with Crippen molar-refractivity contribution in [3.05, 3.63) is 75.8 Å². The largest absolute Gasteiger partial charge is 0.332 e. The molecule has 1 saturated heterocycles. The highest BCUT2D eigenvalue weighted by molar-refractivity contribution is 6.42. The molecule has 2 aromatic carbocycles. The lowest BCUT2D eigenvalue weighted by atomic mass is 9.92. The molecule has 1 aliphatic rings. The number of amides is 4. The molecule has 1 unspecified atom stereocenters. The van der Waals surface area contributed by atoms with Crippen LogP contribution < -0.4 is 5.32 Å². The maximum atomic E-state index is 12.7. The average molecular weight is 389 g/mol. The lowest BCUT2D eigenvalue weighted by molar-refractivity contribution is -0.139. The lowest BCUT2D eigenvalue weighted by Gasteiger charge is -2.21. The van der Waals surface area contributed by atoms with Crippen LogP contribution in [-0.4, -0.2) is 22.7 Å². The summed E-state index contributed by atoms with van der Waals surface area (Å²) in [5.41, 5.74) is -0.0708. The molecule has 1 N–H and O–H groups in total. The Bertz CT molecular complexity index is 928. The first-order chi connectivity index (χ1) is 12.3. The Balaban J connectivity index is 1.83. The molecule has 4 amide bonds. The number of benzene rings is 2. The van der Waals surface area contributed by atoms with E-state index in [2.05, 4.69) is 5.32 Å². The molecule has 0 aromatic heterocycles. The Morgan fingerprint density at radius 1 is 1.08 bits per heavy atom. The second-order valence-electron chi connectivity index (χ2n) is 5.91. The Morgan fingerprint density at radius 2 is 1.77 bits per heavy atom. The van der Waals surface area contributed by atoms with E-state index in [1.165, 1.54) is 6.08 Å². The fraction of sp³-hybridized carbons (Fsp3) is 0.105. The third-order valence-corrected chi connectivity index (χ3v) is 4.86. The van der Waals surface area contributed by atoms with Gasteiger partial charge in [-0.25, -0.2) is 4.79 Å². The Labute approximate surface area is 160 Å². The minimum Gasteiger partial charge on any atom is -0.319 e. The van der Waals surface area contributed by atoms with Crippen molar-refractivity contribution in [1.82, 2.24) is 10.2 Å². The van der Waals surface area contributed by atoms with Gasteiger partial charge in [0.1, 0.15) is 5.54 Å². The van der Waals surface area contributed by atoms with Crippen LogP contribution in [-0.2, 0) is 15.1 Å². The highest BCUT2D eigenvalue weighted by atomic mass is 35.5. The molecule has 0 radical (unpaired) electrons. The number of hydrogen-bond acceptors (Lipinski definition) is 3. The third-order valence-electron chi connectivity index (χ3n) is 4.12. The van der Waals surface area contributed by atoms with Crippen LogP contribution in [0.25, 0.3) is 6.08 Å². The minimum absolute atomic E-state index is 0.341. The van der Waals surface area contributed by atoms with Gasteiger partial charge in [-0.3, -0.25) is 9.59 Å². The number of nitrogens with zero attached hydrogens (tertiary/aromatic N) is 1. The number of rotatable bonds is 3. The van der Waals surface area contributed by atoms with Crippen LogP contribution in [0.2, 0.25) is 10.0 Å². The fourth-order valence-corrected chi connectivity index (χ4v) is 2.97. The number of nitrogens with one attached hydrogen (secondary N) is 1. The zero-order valence-corrected chi connectivity index (χ0v) is 15.2. The molecule has 1 fully saturated rings. The summed E-state index contributed by atoms with van der Waals surface area (Å²) in [5, 5.41) is 3.32. The van der Waals surface area contributed by atoms with E-state index >= 15 is 0 Å².